The predicted molar refractivity (Wildman–Crippen MR) is 140 cm³/mol. The lowest BCUT2D eigenvalue weighted by Crippen LogP contribution is -2.51. The van der Waals surface area contributed by atoms with Gasteiger partial charge in [-0.15, -0.1) is 0 Å². The Morgan fingerprint density at radius 1 is 0.886 bits per heavy atom. The number of aromatic nitrogens is 1. The quantitative estimate of drug-likeness (QED) is 0.209. The van der Waals surface area contributed by atoms with Crippen LogP contribution >= 0.6 is 0 Å². The number of carboxylic acid groups (broad SMARTS) is 1. The van der Waals surface area contributed by atoms with E-state index >= 15 is 0 Å². The van der Waals surface area contributed by atoms with Crippen LogP contribution in [0, 0.1) is 0 Å². The number of unbranched alkanes of at least 4 members (excludes halogenated alkanes) is 10. The number of benzene rings is 1. The molecule has 0 saturated heterocycles. The smallest absolute Gasteiger partial charge is 0.326 e. The molecular weight excluding hydrogens is 442 g/mol. The van der Waals surface area contributed by atoms with Gasteiger partial charge in [-0.3, -0.25) is 9.59 Å². The number of carbonyl (C=O) groups excluding carboxylic acids is 2. The van der Waals surface area contributed by atoms with Crippen LogP contribution in [0.15, 0.2) is 30.5 Å². The Labute approximate surface area is 209 Å². The van der Waals surface area contributed by atoms with E-state index in [-0.39, 0.29) is 12.3 Å². The second-order valence-corrected chi connectivity index (χ2v) is 9.54. The number of nitrogens with one attached hydrogen (secondary N) is 3. The third kappa shape index (κ3) is 10.5. The summed E-state index contributed by atoms with van der Waals surface area (Å²) in [4.78, 5) is 39.7. The second-order valence-electron chi connectivity index (χ2n) is 9.54. The number of hydrogen-bond donors (Lipinski definition) is 4. The molecular formula is C28H43N3O4. The van der Waals surface area contributed by atoms with Crippen LogP contribution in [0.1, 0.15) is 96.5 Å². The second kappa shape index (κ2) is 16.0. The minimum absolute atomic E-state index is 0.157. The molecule has 0 spiro atoms. The number of H-pyrrole nitrogens is 1. The zero-order valence-electron chi connectivity index (χ0n) is 21.4. The maximum absolute atomic E-state index is 12.5. The molecule has 0 radical (unpaired) electrons. The molecule has 2 atom stereocenters. The fourth-order valence-electron chi connectivity index (χ4n) is 4.35. The normalized spacial score (nSPS) is 12.9. The highest BCUT2D eigenvalue weighted by Gasteiger charge is 2.25. The van der Waals surface area contributed by atoms with Crippen molar-refractivity contribution in [3.05, 3.63) is 36.0 Å². The number of aromatic amines is 1. The minimum atomic E-state index is -1.11. The van der Waals surface area contributed by atoms with E-state index in [1.807, 2.05) is 24.3 Å². The highest BCUT2D eigenvalue weighted by Crippen LogP contribution is 2.19. The molecule has 0 saturated carbocycles. The summed E-state index contributed by atoms with van der Waals surface area (Å²) in [5.74, 6) is -1.78. The van der Waals surface area contributed by atoms with Gasteiger partial charge >= 0.3 is 5.97 Å². The standard InChI is InChI=1S/C28H43N3O4/c1-3-4-5-6-7-8-9-10-11-12-13-18-26(32)30-21(2)27(33)31-25(28(34)35)19-22-20-29-24-17-15-14-16-23(22)24/h14-17,20-21,25,29H,3-13,18-19H2,1-2H3,(H,30,32)(H,31,33)(H,34,35)/t21-,25-/m0/s1. The van der Waals surface area contributed by atoms with Crippen molar-refractivity contribution in [3.63, 3.8) is 0 Å². The van der Waals surface area contributed by atoms with Crippen molar-refractivity contribution >= 4 is 28.7 Å². The zero-order chi connectivity index (χ0) is 25.5. The first-order valence-corrected chi connectivity index (χ1v) is 13.3. The Morgan fingerprint density at radius 2 is 1.49 bits per heavy atom. The number of aliphatic carboxylic acids is 1. The number of amides is 2. The molecule has 194 valence electrons. The molecule has 0 unspecified atom stereocenters. The predicted octanol–water partition coefficient (Wildman–Crippen LogP) is 5.49. The van der Waals surface area contributed by atoms with Crippen molar-refractivity contribution in [1.29, 1.82) is 0 Å². The summed E-state index contributed by atoms with van der Waals surface area (Å²) >= 11 is 0. The van der Waals surface area contributed by atoms with Crippen molar-refractivity contribution in [2.75, 3.05) is 0 Å². The third-order valence-corrected chi connectivity index (χ3v) is 6.49. The maximum Gasteiger partial charge on any atom is 0.326 e. The number of rotatable bonds is 18. The Kier molecular flexibility index (Phi) is 12.9. The molecule has 4 N–H and O–H groups in total. The lowest BCUT2D eigenvalue weighted by Gasteiger charge is -2.18. The summed E-state index contributed by atoms with van der Waals surface area (Å²) in [7, 11) is 0. The Balaban J connectivity index is 1.64. The summed E-state index contributed by atoms with van der Waals surface area (Å²) < 4.78 is 0. The van der Waals surface area contributed by atoms with E-state index in [1.54, 1.807) is 13.1 Å². The van der Waals surface area contributed by atoms with E-state index in [1.165, 1.54) is 51.4 Å². The number of fused-ring (bicyclic) bond motifs is 1. The van der Waals surface area contributed by atoms with E-state index in [4.69, 9.17) is 0 Å². The molecule has 2 rings (SSSR count). The number of hydrogen-bond acceptors (Lipinski definition) is 3. The minimum Gasteiger partial charge on any atom is -0.480 e. The van der Waals surface area contributed by atoms with Gasteiger partial charge in [-0.2, -0.15) is 0 Å². The van der Waals surface area contributed by atoms with Gasteiger partial charge in [-0.25, -0.2) is 4.79 Å². The molecule has 2 amide bonds. The van der Waals surface area contributed by atoms with Crippen molar-refractivity contribution < 1.29 is 19.5 Å². The van der Waals surface area contributed by atoms with Crippen LogP contribution in [0.2, 0.25) is 0 Å². The maximum atomic E-state index is 12.5. The zero-order valence-corrected chi connectivity index (χ0v) is 21.4. The van der Waals surface area contributed by atoms with Gasteiger partial charge in [-0.1, -0.05) is 89.3 Å². The fourth-order valence-corrected chi connectivity index (χ4v) is 4.35. The van der Waals surface area contributed by atoms with Crippen LogP contribution in [-0.2, 0) is 20.8 Å². The van der Waals surface area contributed by atoms with Crippen molar-refractivity contribution in [2.45, 2.75) is 109 Å². The first-order valence-electron chi connectivity index (χ1n) is 13.3. The highest BCUT2D eigenvalue weighted by molar-refractivity contribution is 5.91. The monoisotopic (exact) mass is 485 g/mol. The van der Waals surface area contributed by atoms with E-state index < -0.39 is 24.0 Å². The first-order chi connectivity index (χ1) is 16.9. The fraction of sp³-hybridized carbons (Fsp3) is 0.607. The van der Waals surface area contributed by atoms with Gasteiger partial charge in [0.15, 0.2) is 0 Å². The Hall–Kier alpha value is -2.83. The van der Waals surface area contributed by atoms with Gasteiger partial charge in [0.25, 0.3) is 0 Å². The molecule has 7 nitrogen and oxygen atoms in total. The van der Waals surface area contributed by atoms with Gasteiger partial charge in [0, 0.05) is 29.9 Å². The largest absolute Gasteiger partial charge is 0.480 e. The number of para-hydroxylation sites is 1. The third-order valence-electron chi connectivity index (χ3n) is 6.49. The molecule has 0 bridgehead atoms. The number of carboxylic acids is 1. The van der Waals surface area contributed by atoms with Crippen LogP contribution < -0.4 is 10.6 Å². The summed E-state index contributed by atoms with van der Waals surface area (Å²) in [5, 5.41) is 15.8. The molecule has 1 aromatic heterocycles. The molecule has 1 heterocycles. The summed E-state index contributed by atoms with van der Waals surface area (Å²) in [6.07, 6.45) is 15.7. The average molecular weight is 486 g/mol. The highest BCUT2D eigenvalue weighted by atomic mass is 16.4. The lowest BCUT2D eigenvalue weighted by atomic mass is 10.0. The average Bonchev–Trinajstić information content (AvgIpc) is 3.24. The van der Waals surface area contributed by atoms with E-state index in [2.05, 4.69) is 22.5 Å². The van der Waals surface area contributed by atoms with Crippen molar-refractivity contribution in [2.24, 2.45) is 0 Å². The summed E-state index contributed by atoms with van der Waals surface area (Å²) in [6, 6.07) is 5.76. The molecule has 0 fully saturated rings. The van der Waals surface area contributed by atoms with Crippen molar-refractivity contribution in [3.8, 4) is 0 Å². The van der Waals surface area contributed by atoms with Gasteiger partial charge in [0.1, 0.15) is 12.1 Å². The molecule has 0 aliphatic rings. The lowest BCUT2D eigenvalue weighted by molar-refractivity contribution is -0.142. The van der Waals surface area contributed by atoms with Crippen LogP contribution in [-0.4, -0.2) is 40.0 Å². The van der Waals surface area contributed by atoms with Gasteiger partial charge < -0.3 is 20.7 Å². The molecule has 2 aromatic rings. The Bertz CT molecular complexity index is 924. The van der Waals surface area contributed by atoms with Crippen molar-refractivity contribution in [1.82, 2.24) is 15.6 Å². The molecule has 7 heteroatoms. The van der Waals surface area contributed by atoms with E-state index in [0.29, 0.717) is 6.42 Å². The Morgan fingerprint density at radius 3 is 2.11 bits per heavy atom. The molecule has 35 heavy (non-hydrogen) atoms. The molecule has 0 aliphatic carbocycles. The van der Waals surface area contributed by atoms with E-state index in [0.717, 1.165) is 35.7 Å². The van der Waals surface area contributed by atoms with Gasteiger partial charge in [0.05, 0.1) is 0 Å². The van der Waals surface area contributed by atoms with Crippen LogP contribution in [0.25, 0.3) is 10.9 Å². The molecule has 0 aliphatic heterocycles. The van der Waals surface area contributed by atoms with Crippen LogP contribution in [0.3, 0.4) is 0 Å². The van der Waals surface area contributed by atoms with Crippen LogP contribution in [0.5, 0.6) is 0 Å². The van der Waals surface area contributed by atoms with Gasteiger partial charge in [0.2, 0.25) is 11.8 Å². The van der Waals surface area contributed by atoms with Crippen LogP contribution in [0.4, 0.5) is 0 Å². The van der Waals surface area contributed by atoms with Gasteiger partial charge in [-0.05, 0) is 25.0 Å². The SMILES string of the molecule is CCCCCCCCCCCCCC(=O)N[C@@H](C)C(=O)N[C@@H](Cc1c[nH]c2ccccc12)C(=O)O. The topological polar surface area (TPSA) is 111 Å². The molecule has 1 aromatic carbocycles. The number of carbonyl (C=O) groups is 3. The first kappa shape index (κ1) is 28.4. The summed E-state index contributed by atoms with van der Waals surface area (Å²) in [5.41, 5.74) is 1.74. The summed E-state index contributed by atoms with van der Waals surface area (Å²) in [6.45, 7) is 3.82. The van der Waals surface area contributed by atoms with E-state index in [9.17, 15) is 19.5 Å².